The number of hydrogen-bond acceptors (Lipinski definition) is 6. The molecule has 0 spiro atoms. The van der Waals surface area contributed by atoms with Crippen LogP contribution in [0, 0.1) is 6.92 Å². The van der Waals surface area contributed by atoms with Crippen LogP contribution in [0.4, 0.5) is 11.4 Å². The maximum absolute atomic E-state index is 13.1. The van der Waals surface area contributed by atoms with Crippen LogP contribution in [0.1, 0.15) is 25.8 Å². The minimum absolute atomic E-state index is 0.0822. The van der Waals surface area contributed by atoms with Crippen molar-refractivity contribution in [1.82, 2.24) is 0 Å². The Balaban J connectivity index is 1.72. The van der Waals surface area contributed by atoms with Gasteiger partial charge in [-0.25, -0.2) is 8.42 Å². The summed E-state index contributed by atoms with van der Waals surface area (Å²) in [6.07, 6.45) is -0.205. The van der Waals surface area contributed by atoms with Crippen LogP contribution < -0.4 is 20.1 Å². The molecule has 2 aromatic rings. The number of carbonyl (C=O) groups is 2. The zero-order chi connectivity index (χ0) is 21.9. The van der Waals surface area contributed by atoms with Gasteiger partial charge in [-0.2, -0.15) is 0 Å². The highest BCUT2D eigenvalue weighted by Crippen LogP contribution is 2.34. The van der Waals surface area contributed by atoms with Crippen molar-refractivity contribution in [3.8, 4) is 11.5 Å². The van der Waals surface area contributed by atoms with Gasteiger partial charge in [0, 0.05) is 18.2 Å². The third-order valence-corrected chi connectivity index (χ3v) is 6.95. The number of ether oxygens (including phenoxy) is 2. The third kappa shape index (κ3) is 4.73. The Kier molecular flexibility index (Phi) is 6.31. The van der Waals surface area contributed by atoms with Gasteiger partial charge in [0.25, 0.3) is 5.91 Å². The van der Waals surface area contributed by atoms with Gasteiger partial charge in [0.15, 0.2) is 16.4 Å². The Labute approximate surface area is 175 Å². The summed E-state index contributed by atoms with van der Waals surface area (Å²) < 4.78 is 36.8. The summed E-state index contributed by atoms with van der Waals surface area (Å²) in [5.41, 5.74) is 1.46. The number of hydrogen-bond donors (Lipinski definition) is 2. The standard InChI is InChI=1S/C21H24N2O6S/c1-4-28-16-7-5-15(6-8-16)22-20(24)10-14(3)30(26,27)19-11-18-17(9-13(19)2)23-21(25)12-29-18/h5-9,11,14H,4,10,12H2,1-3H3,(H,22,24)(H,23,25)/t14-/m1/s1. The van der Waals surface area contributed by atoms with E-state index in [4.69, 9.17) is 9.47 Å². The molecular formula is C21H24N2O6S. The molecule has 0 aromatic heterocycles. The minimum Gasteiger partial charge on any atom is -0.494 e. The fraction of sp³-hybridized carbons (Fsp3) is 0.333. The van der Waals surface area contributed by atoms with Crippen molar-refractivity contribution in [2.24, 2.45) is 0 Å². The van der Waals surface area contributed by atoms with Crippen molar-refractivity contribution in [2.45, 2.75) is 37.3 Å². The normalized spacial score (nSPS) is 14.2. The summed E-state index contributed by atoms with van der Waals surface area (Å²) in [7, 11) is -3.79. The van der Waals surface area contributed by atoms with Gasteiger partial charge in [0.1, 0.15) is 11.5 Å². The van der Waals surface area contributed by atoms with E-state index in [0.29, 0.717) is 35.0 Å². The van der Waals surface area contributed by atoms with Crippen molar-refractivity contribution in [3.05, 3.63) is 42.0 Å². The maximum Gasteiger partial charge on any atom is 0.262 e. The Morgan fingerprint density at radius 2 is 1.97 bits per heavy atom. The molecule has 30 heavy (non-hydrogen) atoms. The van der Waals surface area contributed by atoms with Crippen LogP contribution in [-0.4, -0.2) is 38.7 Å². The van der Waals surface area contributed by atoms with Crippen molar-refractivity contribution in [3.63, 3.8) is 0 Å². The van der Waals surface area contributed by atoms with E-state index in [2.05, 4.69) is 10.6 Å². The van der Waals surface area contributed by atoms with Crippen molar-refractivity contribution >= 4 is 33.0 Å². The second kappa shape index (κ2) is 8.74. The molecule has 3 rings (SSSR count). The Morgan fingerprint density at radius 1 is 1.27 bits per heavy atom. The number of nitrogens with one attached hydrogen (secondary N) is 2. The van der Waals surface area contributed by atoms with Gasteiger partial charge in [0.05, 0.1) is 22.4 Å². The summed E-state index contributed by atoms with van der Waals surface area (Å²) in [6.45, 7) is 5.38. The number of amides is 2. The summed E-state index contributed by atoms with van der Waals surface area (Å²) in [5, 5.41) is 4.40. The first-order valence-electron chi connectivity index (χ1n) is 9.54. The molecule has 0 bridgehead atoms. The SMILES string of the molecule is CCOc1ccc(NC(=O)C[C@@H](C)S(=O)(=O)c2cc3c(cc2C)NC(=O)CO3)cc1. The van der Waals surface area contributed by atoms with Crippen molar-refractivity contribution in [2.75, 3.05) is 23.8 Å². The van der Waals surface area contributed by atoms with Gasteiger partial charge in [-0.3, -0.25) is 9.59 Å². The fourth-order valence-corrected chi connectivity index (χ4v) is 4.71. The first-order valence-corrected chi connectivity index (χ1v) is 11.1. The predicted molar refractivity (Wildman–Crippen MR) is 113 cm³/mol. The molecule has 1 aliphatic rings. The highest BCUT2D eigenvalue weighted by atomic mass is 32.2. The average Bonchev–Trinajstić information content (AvgIpc) is 2.68. The lowest BCUT2D eigenvalue weighted by Crippen LogP contribution is -2.27. The largest absolute Gasteiger partial charge is 0.494 e. The predicted octanol–water partition coefficient (Wildman–Crippen LogP) is 2.92. The molecule has 0 fully saturated rings. The van der Waals surface area contributed by atoms with E-state index in [0.717, 1.165) is 0 Å². The molecule has 9 heteroatoms. The second-order valence-corrected chi connectivity index (χ2v) is 9.35. The lowest BCUT2D eigenvalue weighted by atomic mass is 10.2. The molecular weight excluding hydrogens is 408 g/mol. The van der Waals surface area contributed by atoms with Crippen molar-refractivity contribution < 1.29 is 27.5 Å². The lowest BCUT2D eigenvalue weighted by Gasteiger charge is -2.21. The smallest absolute Gasteiger partial charge is 0.262 e. The van der Waals surface area contributed by atoms with E-state index >= 15 is 0 Å². The number of benzene rings is 2. The van der Waals surface area contributed by atoms with Gasteiger partial charge >= 0.3 is 0 Å². The number of fused-ring (bicyclic) bond motifs is 1. The van der Waals surface area contributed by atoms with Crippen molar-refractivity contribution in [1.29, 1.82) is 0 Å². The number of anilines is 2. The van der Waals surface area contributed by atoms with Crippen LogP contribution in [0.15, 0.2) is 41.3 Å². The third-order valence-electron chi connectivity index (χ3n) is 4.67. The first-order chi connectivity index (χ1) is 14.2. The summed E-state index contributed by atoms with van der Waals surface area (Å²) in [4.78, 5) is 23.9. The molecule has 0 unspecified atom stereocenters. The van der Waals surface area contributed by atoms with Gasteiger partial charge in [-0.05, 0) is 56.7 Å². The van der Waals surface area contributed by atoms with E-state index in [1.54, 1.807) is 37.3 Å². The van der Waals surface area contributed by atoms with Crippen LogP contribution >= 0.6 is 0 Å². The highest BCUT2D eigenvalue weighted by Gasteiger charge is 2.29. The Bertz CT molecular complexity index is 1060. The number of aryl methyl sites for hydroxylation is 1. The Hall–Kier alpha value is -3.07. The average molecular weight is 432 g/mol. The monoisotopic (exact) mass is 432 g/mol. The highest BCUT2D eigenvalue weighted by molar-refractivity contribution is 7.92. The molecule has 1 heterocycles. The van der Waals surface area contributed by atoms with E-state index in [1.165, 1.54) is 13.0 Å². The summed E-state index contributed by atoms with van der Waals surface area (Å²) >= 11 is 0. The van der Waals surface area contributed by atoms with E-state index < -0.39 is 21.0 Å². The molecule has 2 N–H and O–H groups in total. The molecule has 0 saturated heterocycles. The van der Waals surface area contributed by atoms with E-state index in [-0.39, 0.29) is 23.8 Å². The van der Waals surface area contributed by atoms with Gasteiger partial charge in [-0.1, -0.05) is 0 Å². The van der Waals surface area contributed by atoms with Crippen LogP contribution in [0.25, 0.3) is 0 Å². The van der Waals surface area contributed by atoms with Gasteiger partial charge < -0.3 is 20.1 Å². The molecule has 1 aliphatic heterocycles. The fourth-order valence-electron chi connectivity index (χ4n) is 3.12. The van der Waals surface area contributed by atoms with Crippen LogP contribution in [-0.2, 0) is 19.4 Å². The van der Waals surface area contributed by atoms with Gasteiger partial charge in [-0.15, -0.1) is 0 Å². The lowest BCUT2D eigenvalue weighted by molar-refractivity contribution is -0.118. The summed E-state index contributed by atoms with van der Waals surface area (Å²) in [6, 6.07) is 9.82. The number of carbonyl (C=O) groups excluding carboxylic acids is 2. The first kappa shape index (κ1) is 21.6. The zero-order valence-corrected chi connectivity index (χ0v) is 17.8. The van der Waals surface area contributed by atoms with E-state index in [1.807, 2.05) is 6.92 Å². The number of sulfone groups is 1. The molecule has 160 valence electrons. The molecule has 8 nitrogen and oxygen atoms in total. The molecule has 0 aliphatic carbocycles. The zero-order valence-electron chi connectivity index (χ0n) is 17.0. The molecule has 1 atom stereocenters. The number of rotatable bonds is 7. The minimum atomic E-state index is -3.79. The Morgan fingerprint density at radius 3 is 2.63 bits per heavy atom. The van der Waals surface area contributed by atoms with Gasteiger partial charge in [0.2, 0.25) is 5.91 Å². The topological polar surface area (TPSA) is 111 Å². The summed E-state index contributed by atoms with van der Waals surface area (Å²) in [5.74, 6) is 0.281. The van der Waals surface area contributed by atoms with Crippen LogP contribution in [0.2, 0.25) is 0 Å². The van der Waals surface area contributed by atoms with Crippen LogP contribution in [0.5, 0.6) is 11.5 Å². The molecule has 2 aromatic carbocycles. The maximum atomic E-state index is 13.1. The quantitative estimate of drug-likeness (QED) is 0.696. The molecule has 2 amide bonds. The van der Waals surface area contributed by atoms with Crippen LogP contribution in [0.3, 0.4) is 0 Å². The second-order valence-electron chi connectivity index (χ2n) is 7.02. The molecule has 0 radical (unpaired) electrons. The molecule has 0 saturated carbocycles. The van der Waals surface area contributed by atoms with E-state index in [9.17, 15) is 18.0 Å².